The first-order valence-corrected chi connectivity index (χ1v) is 10.1. The third-order valence-corrected chi connectivity index (χ3v) is 6.64. The van der Waals surface area contributed by atoms with Crippen LogP contribution in [-0.2, 0) is 13.1 Å². The Kier molecular flexibility index (Phi) is 4.56. The summed E-state index contributed by atoms with van der Waals surface area (Å²) in [6.45, 7) is -0.722. The predicted molar refractivity (Wildman–Crippen MR) is 101 cm³/mol. The van der Waals surface area contributed by atoms with Crippen LogP contribution in [0.2, 0.25) is 0 Å². The van der Waals surface area contributed by atoms with Gasteiger partial charge in [0.1, 0.15) is 23.0 Å². The van der Waals surface area contributed by atoms with Crippen molar-refractivity contribution in [3.63, 3.8) is 0 Å². The van der Waals surface area contributed by atoms with Crippen LogP contribution in [0.4, 0.5) is 22.0 Å². The van der Waals surface area contributed by atoms with Gasteiger partial charge in [-0.2, -0.15) is 0 Å². The fourth-order valence-electron chi connectivity index (χ4n) is 5.13. The van der Waals surface area contributed by atoms with E-state index in [2.05, 4.69) is 5.32 Å². The molecular weight excluding hydrogens is 453 g/mol. The van der Waals surface area contributed by atoms with E-state index < -0.39 is 87.7 Å². The molecule has 1 aromatic heterocycles. The van der Waals surface area contributed by atoms with E-state index in [4.69, 9.17) is 0 Å². The molecule has 0 radical (unpaired) electrons. The van der Waals surface area contributed by atoms with Crippen molar-refractivity contribution in [3.8, 4) is 5.75 Å². The fourth-order valence-corrected chi connectivity index (χ4v) is 5.13. The molecule has 0 unspecified atom stereocenters. The van der Waals surface area contributed by atoms with Crippen LogP contribution in [0.15, 0.2) is 23.1 Å². The minimum Gasteiger partial charge on any atom is -0.503 e. The third kappa shape index (κ3) is 3.10. The van der Waals surface area contributed by atoms with Crippen LogP contribution < -0.4 is 10.7 Å². The number of aromatic nitrogens is 1. The van der Waals surface area contributed by atoms with Gasteiger partial charge in [-0.3, -0.25) is 14.4 Å². The number of amides is 2. The van der Waals surface area contributed by atoms with Gasteiger partial charge in [-0.05, 0) is 12.3 Å². The highest BCUT2D eigenvalue weighted by Gasteiger charge is 2.63. The molecule has 2 aromatic rings. The molecule has 174 valence electrons. The summed E-state index contributed by atoms with van der Waals surface area (Å²) in [5.74, 6) is -10.2. The number of halogens is 5. The van der Waals surface area contributed by atoms with Gasteiger partial charge >= 0.3 is 0 Å². The molecule has 5 rings (SSSR count). The largest absolute Gasteiger partial charge is 0.503 e. The minimum atomic E-state index is -3.06. The van der Waals surface area contributed by atoms with Crippen LogP contribution >= 0.6 is 0 Å². The molecule has 1 saturated carbocycles. The van der Waals surface area contributed by atoms with Gasteiger partial charge < -0.3 is 19.9 Å². The molecule has 2 aliphatic heterocycles. The average Bonchev–Trinajstić information content (AvgIpc) is 3.23. The standard InChI is InChI=1S/C21H16F5N3O4/c22-9-2-12(23)10(13(24)3-9)5-27-19(32)11-6-28-7-14-8-1-15(21(25,26)4-8)29(14)20(33)16(28)18(31)17(11)30/h2-3,6,8,14-15,31H,1,4-5,7H2,(H,27,32)/t8-,14-,15-/m1/s1. The first kappa shape index (κ1) is 21.4. The van der Waals surface area contributed by atoms with E-state index in [9.17, 15) is 41.4 Å². The van der Waals surface area contributed by atoms with Crippen LogP contribution in [0, 0.1) is 23.4 Å². The van der Waals surface area contributed by atoms with Crippen molar-refractivity contribution in [1.29, 1.82) is 0 Å². The van der Waals surface area contributed by atoms with Crippen molar-refractivity contribution in [1.82, 2.24) is 14.8 Å². The normalized spacial score (nSPS) is 24.6. The second-order valence-electron chi connectivity index (χ2n) is 8.51. The zero-order valence-corrected chi connectivity index (χ0v) is 16.7. The SMILES string of the molecule is O=C(NCc1c(F)cc(F)cc1F)c1cn2c(c(O)c1=O)C(=O)N1[C@H](C2)[C@@H]2C[C@@H]1C(F)(F)C2. The van der Waals surface area contributed by atoms with Crippen LogP contribution in [0.5, 0.6) is 5.75 Å². The summed E-state index contributed by atoms with van der Waals surface area (Å²) >= 11 is 0. The van der Waals surface area contributed by atoms with Crippen molar-refractivity contribution in [2.24, 2.45) is 5.92 Å². The lowest BCUT2D eigenvalue weighted by atomic mass is 9.94. The Hall–Kier alpha value is -3.44. The van der Waals surface area contributed by atoms with E-state index >= 15 is 0 Å². The Labute approximate surface area is 182 Å². The highest BCUT2D eigenvalue weighted by atomic mass is 19.3. The second-order valence-corrected chi connectivity index (χ2v) is 8.51. The summed E-state index contributed by atoms with van der Waals surface area (Å²) < 4.78 is 70.1. The van der Waals surface area contributed by atoms with Crippen molar-refractivity contribution < 1.29 is 36.6 Å². The summed E-state index contributed by atoms with van der Waals surface area (Å²) in [5.41, 5.74) is -2.97. The van der Waals surface area contributed by atoms with Crippen molar-refractivity contribution in [2.45, 2.75) is 43.9 Å². The molecule has 1 aromatic carbocycles. The van der Waals surface area contributed by atoms with Crippen molar-refractivity contribution in [3.05, 3.63) is 62.8 Å². The number of hydrogen-bond donors (Lipinski definition) is 2. The molecule has 2 fully saturated rings. The number of rotatable bonds is 3. The van der Waals surface area contributed by atoms with Gasteiger partial charge in [-0.25, -0.2) is 22.0 Å². The maximum atomic E-state index is 14.2. The minimum absolute atomic E-state index is 0.00629. The molecule has 2 N–H and O–H groups in total. The molecule has 2 bridgehead atoms. The number of carbonyl (C=O) groups is 2. The Morgan fingerprint density at radius 2 is 1.85 bits per heavy atom. The molecular formula is C21H16F5N3O4. The van der Waals surface area contributed by atoms with E-state index in [0.717, 1.165) is 11.1 Å². The van der Waals surface area contributed by atoms with Gasteiger partial charge in [-0.15, -0.1) is 0 Å². The maximum absolute atomic E-state index is 14.2. The lowest BCUT2D eigenvalue weighted by Gasteiger charge is -2.43. The molecule has 3 atom stereocenters. The van der Waals surface area contributed by atoms with E-state index in [1.807, 2.05) is 0 Å². The van der Waals surface area contributed by atoms with Crippen LogP contribution in [0.3, 0.4) is 0 Å². The number of aromatic hydroxyl groups is 1. The van der Waals surface area contributed by atoms with Crippen molar-refractivity contribution >= 4 is 11.8 Å². The van der Waals surface area contributed by atoms with Crippen LogP contribution in [0.1, 0.15) is 39.3 Å². The number of benzene rings is 1. The lowest BCUT2D eigenvalue weighted by molar-refractivity contribution is -0.0870. The number of carbonyl (C=O) groups excluding carboxylic acids is 2. The van der Waals surface area contributed by atoms with E-state index in [1.54, 1.807) is 0 Å². The number of nitrogens with one attached hydrogen (secondary N) is 1. The molecule has 3 heterocycles. The van der Waals surface area contributed by atoms with Gasteiger partial charge in [0, 0.05) is 43.4 Å². The van der Waals surface area contributed by atoms with Crippen LogP contribution in [-0.4, -0.2) is 44.4 Å². The summed E-state index contributed by atoms with van der Waals surface area (Å²) in [7, 11) is 0. The third-order valence-electron chi connectivity index (χ3n) is 6.64. The molecule has 0 spiro atoms. The second kappa shape index (κ2) is 7.03. The number of pyridine rings is 1. The lowest BCUT2D eigenvalue weighted by Crippen LogP contribution is -2.57. The summed E-state index contributed by atoms with van der Waals surface area (Å²) in [6.07, 6.45) is 0.740. The van der Waals surface area contributed by atoms with Gasteiger partial charge in [0.05, 0.1) is 12.1 Å². The molecule has 2 amide bonds. The molecule has 1 aliphatic carbocycles. The number of nitrogens with zero attached hydrogens (tertiary/aromatic N) is 2. The Balaban J connectivity index is 1.45. The fraction of sp³-hybridized carbons (Fsp3) is 0.381. The highest BCUT2D eigenvalue weighted by molar-refractivity contribution is 5.99. The summed E-state index contributed by atoms with van der Waals surface area (Å²) in [5, 5.41) is 12.5. The smallest absolute Gasteiger partial charge is 0.275 e. The topological polar surface area (TPSA) is 91.6 Å². The molecule has 33 heavy (non-hydrogen) atoms. The maximum Gasteiger partial charge on any atom is 0.275 e. The van der Waals surface area contributed by atoms with E-state index in [-0.39, 0.29) is 19.4 Å². The van der Waals surface area contributed by atoms with Gasteiger partial charge in [0.2, 0.25) is 5.43 Å². The Bertz CT molecular complexity index is 1250. The predicted octanol–water partition coefficient (Wildman–Crippen LogP) is 2.15. The first-order valence-electron chi connectivity index (χ1n) is 10.1. The quantitative estimate of drug-likeness (QED) is 0.675. The molecule has 7 nitrogen and oxygen atoms in total. The number of alkyl halides is 2. The summed E-state index contributed by atoms with van der Waals surface area (Å²) in [6, 6.07) is -1.03. The number of piperidine rings is 1. The highest BCUT2D eigenvalue weighted by Crippen LogP contribution is 2.53. The zero-order chi connectivity index (χ0) is 23.8. The van der Waals surface area contributed by atoms with Gasteiger partial charge in [0.25, 0.3) is 17.7 Å². The molecule has 1 saturated heterocycles. The summed E-state index contributed by atoms with van der Waals surface area (Å²) in [4.78, 5) is 39.0. The number of hydrogen-bond acceptors (Lipinski definition) is 4. The molecule has 3 aliphatic rings. The van der Waals surface area contributed by atoms with Crippen LogP contribution in [0.25, 0.3) is 0 Å². The number of fused-ring (bicyclic) bond motifs is 6. The van der Waals surface area contributed by atoms with Gasteiger partial charge in [-0.1, -0.05) is 0 Å². The van der Waals surface area contributed by atoms with E-state index in [0.29, 0.717) is 12.1 Å². The zero-order valence-electron chi connectivity index (χ0n) is 16.7. The van der Waals surface area contributed by atoms with Gasteiger partial charge in [0.15, 0.2) is 11.4 Å². The van der Waals surface area contributed by atoms with E-state index in [1.165, 1.54) is 4.57 Å². The first-order chi connectivity index (χ1) is 15.5. The Morgan fingerprint density at radius 1 is 1.18 bits per heavy atom. The molecule has 12 heteroatoms. The van der Waals surface area contributed by atoms with Crippen molar-refractivity contribution in [2.75, 3.05) is 0 Å². The monoisotopic (exact) mass is 469 g/mol. The average molecular weight is 469 g/mol. The Morgan fingerprint density at radius 3 is 2.52 bits per heavy atom.